The highest BCUT2D eigenvalue weighted by molar-refractivity contribution is 5.86. The van der Waals surface area contributed by atoms with Crippen LogP contribution in [0.1, 0.15) is 45.3 Å². The molecule has 2 amide bonds. The van der Waals surface area contributed by atoms with E-state index < -0.39 is 23.8 Å². The molecule has 1 aromatic rings. The standard InChI is InChI=1S/C20H28N2O6/c1-20(2,3)28-19(25)21-16(18(24)22-8-4-5-9-22)17(23)13-6-7-14-15(12-13)27-11-10-26-14/h6-7,12,16-17,23H,4-5,8-11H2,1-3H3,(H,21,25)/t16-,17+/m0/s1. The van der Waals surface area contributed by atoms with Crippen molar-refractivity contribution in [3.05, 3.63) is 23.8 Å². The first-order chi connectivity index (χ1) is 13.2. The van der Waals surface area contributed by atoms with Crippen LogP contribution < -0.4 is 14.8 Å². The molecule has 8 nitrogen and oxygen atoms in total. The van der Waals surface area contributed by atoms with Gasteiger partial charge < -0.3 is 29.5 Å². The van der Waals surface area contributed by atoms with Crippen LogP contribution in [0.25, 0.3) is 0 Å². The summed E-state index contributed by atoms with van der Waals surface area (Å²) >= 11 is 0. The first-order valence-electron chi connectivity index (χ1n) is 9.60. The molecule has 0 aliphatic carbocycles. The van der Waals surface area contributed by atoms with E-state index in [0.29, 0.717) is 43.4 Å². The van der Waals surface area contributed by atoms with Crippen molar-refractivity contribution in [1.82, 2.24) is 10.2 Å². The first kappa shape index (κ1) is 20.3. The molecule has 2 atom stereocenters. The summed E-state index contributed by atoms with van der Waals surface area (Å²) in [5.74, 6) is 0.767. The summed E-state index contributed by atoms with van der Waals surface area (Å²) < 4.78 is 16.3. The normalized spacial score (nSPS) is 18.4. The number of benzene rings is 1. The molecule has 1 aromatic carbocycles. The minimum Gasteiger partial charge on any atom is -0.486 e. The molecule has 3 rings (SSSR count). The van der Waals surface area contributed by atoms with Crippen LogP contribution in [0, 0.1) is 0 Å². The van der Waals surface area contributed by atoms with Crippen LogP contribution in [0.4, 0.5) is 4.79 Å². The number of hydrogen-bond acceptors (Lipinski definition) is 6. The molecule has 0 unspecified atom stereocenters. The summed E-state index contributed by atoms with van der Waals surface area (Å²) in [5.41, 5.74) is -0.259. The molecule has 2 heterocycles. The minimum absolute atomic E-state index is 0.328. The van der Waals surface area contributed by atoms with Gasteiger partial charge in [-0.2, -0.15) is 0 Å². The van der Waals surface area contributed by atoms with Crippen LogP contribution in [0.3, 0.4) is 0 Å². The Bertz CT molecular complexity index is 724. The number of amides is 2. The van der Waals surface area contributed by atoms with Crippen LogP contribution in [0.5, 0.6) is 11.5 Å². The van der Waals surface area contributed by atoms with Crippen molar-refractivity contribution in [2.75, 3.05) is 26.3 Å². The quantitative estimate of drug-likeness (QED) is 0.814. The predicted molar refractivity (Wildman–Crippen MR) is 101 cm³/mol. The predicted octanol–water partition coefficient (Wildman–Crippen LogP) is 2.01. The van der Waals surface area contributed by atoms with Crippen LogP contribution in [0.15, 0.2) is 18.2 Å². The van der Waals surface area contributed by atoms with Gasteiger partial charge in [-0.1, -0.05) is 6.07 Å². The summed E-state index contributed by atoms with van der Waals surface area (Å²) in [4.78, 5) is 26.9. The Kier molecular flexibility index (Phi) is 5.98. The van der Waals surface area contributed by atoms with Crippen molar-refractivity contribution in [2.24, 2.45) is 0 Å². The zero-order valence-electron chi connectivity index (χ0n) is 16.6. The Morgan fingerprint density at radius 1 is 1.14 bits per heavy atom. The van der Waals surface area contributed by atoms with E-state index in [4.69, 9.17) is 14.2 Å². The summed E-state index contributed by atoms with van der Waals surface area (Å²) in [6, 6.07) is 3.84. The molecule has 0 spiro atoms. The molecule has 1 fully saturated rings. The van der Waals surface area contributed by atoms with Gasteiger partial charge in [0, 0.05) is 13.1 Å². The van der Waals surface area contributed by atoms with Gasteiger partial charge in [0.2, 0.25) is 5.91 Å². The van der Waals surface area contributed by atoms with Gasteiger partial charge in [-0.25, -0.2) is 4.79 Å². The maximum Gasteiger partial charge on any atom is 0.408 e. The average molecular weight is 392 g/mol. The molecule has 28 heavy (non-hydrogen) atoms. The van der Waals surface area contributed by atoms with Gasteiger partial charge in [-0.15, -0.1) is 0 Å². The monoisotopic (exact) mass is 392 g/mol. The van der Waals surface area contributed by atoms with Crippen molar-refractivity contribution < 1.29 is 28.9 Å². The van der Waals surface area contributed by atoms with E-state index in [2.05, 4.69) is 5.32 Å². The van der Waals surface area contributed by atoms with Gasteiger partial charge >= 0.3 is 6.09 Å². The molecule has 2 N–H and O–H groups in total. The number of carbonyl (C=O) groups is 2. The third-order valence-electron chi connectivity index (χ3n) is 4.58. The number of alkyl carbamates (subject to hydrolysis) is 1. The number of nitrogens with one attached hydrogen (secondary N) is 1. The number of likely N-dealkylation sites (tertiary alicyclic amines) is 1. The minimum atomic E-state index is -1.25. The number of ether oxygens (including phenoxy) is 3. The lowest BCUT2D eigenvalue weighted by atomic mass is 10.0. The lowest BCUT2D eigenvalue weighted by Crippen LogP contribution is -2.52. The molecular weight excluding hydrogens is 364 g/mol. The fraction of sp³-hybridized carbons (Fsp3) is 0.600. The number of nitrogens with zero attached hydrogens (tertiary/aromatic N) is 1. The Balaban J connectivity index is 1.82. The van der Waals surface area contributed by atoms with Gasteiger partial charge in [0.15, 0.2) is 11.5 Å². The fourth-order valence-electron chi connectivity index (χ4n) is 3.28. The number of rotatable bonds is 4. The van der Waals surface area contributed by atoms with E-state index in [1.807, 2.05) is 0 Å². The van der Waals surface area contributed by atoms with E-state index in [9.17, 15) is 14.7 Å². The second-order valence-electron chi connectivity index (χ2n) is 8.00. The van der Waals surface area contributed by atoms with Crippen molar-refractivity contribution in [2.45, 2.75) is 51.4 Å². The molecule has 0 saturated carbocycles. The Hall–Kier alpha value is -2.48. The Labute approximate surface area is 164 Å². The van der Waals surface area contributed by atoms with Gasteiger partial charge in [-0.3, -0.25) is 4.79 Å². The van der Waals surface area contributed by atoms with Gasteiger partial charge in [0.05, 0.1) is 0 Å². The summed E-state index contributed by atoms with van der Waals surface area (Å²) in [7, 11) is 0. The highest BCUT2D eigenvalue weighted by Gasteiger charge is 2.35. The van der Waals surface area contributed by atoms with Crippen LogP contribution >= 0.6 is 0 Å². The average Bonchev–Trinajstić information content (AvgIpc) is 3.18. The lowest BCUT2D eigenvalue weighted by Gasteiger charge is -2.29. The van der Waals surface area contributed by atoms with E-state index in [1.165, 1.54) is 0 Å². The maximum atomic E-state index is 13.0. The Morgan fingerprint density at radius 3 is 2.43 bits per heavy atom. The first-order valence-corrected chi connectivity index (χ1v) is 9.60. The fourth-order valence-corrected chi connectivity index (χ4v) is 3.28. The molecule has 2 aliphatic rings. The molecular formula is C20H28N2O6. The van der Waals surface area contributed by atoms with Gasteiger partial charge in [0.1, 0.15) is 31.0 Å². The molecule has 0 aromatic heterocycles. The van der Waals surface area contributed by atoms with E-state index in [-0.39, 0.29) is 5.91 Å². The molecule has 2 aliphatic heterocycles. The van der Waals surface area contributed by atoms with Crippen molar-refractivity contribution in [3.63, 3.8) is 0 Å². The van der Waals surface area contributed by atoms with E-state index in [0.717, 1.165) is 12.8 Å². The largest absolute Gasteiger partial charge is 0.486 e. The molecule has 0 radical (unpaired) electrons. The topological polar surface area (TPSA) is 97.3 Å². The van der Waals surface area contributed by atoms with Crippen molar-refractivity contribution >= 4 is 12.0 Å². The second-order valence-corrected chi connectivity index (χ2v) is 8.00. The SMILES string of the molecule is CC(C)(C)OC(=O)N[C@H](C(=O)N1CCCC1)[C@H](O)c1ccc2c(c1)OCCO2. The lowest BCUT2D eigenvalue weighted by molar-refractivity contribution is -0.135. The van der Waals surface area contributed by atoms with Crippen LogP contribution in [-0.4, -0.2) is 60.0 Å². The zero-order chi connectivity index (χ0) is 20.3. The summed E-state index contributed by atoms with van der Waals surface area (Å²) in [6.45, 7) is 7.31. The number of aliphatic hydroxyl groups is 1. The van der Waals surface area contributed by atoms with Crippen LogP contribution in [-0.2, 0) is 9.53 Å². The van der Waals surface area contributed by atoms with Crippen LogP contribution in [0.2, 0.25) is 0 Å². The molecule has 1 saturated heterocycles. The number of fused-ring (bicyclic) bond motifs is 1. The highest BCUT2D eigenvalue weighted by atomic mass is 16.6. The zero-order valence-corrected chi connectivity index (χ0v) is 16.6. The molecule has 8 heteroatoms. The third kappa shape index (κ3) is 4.86. The second kappa shape index (κ2) is 8.26. The molecule has 0 bridgehead atoms. The van der Waals surface area contributed by atoms with Crippen molar-refractivity contribution in [3.8, 4) is 11.5 Å². The maximum absolute atomic E-state index is 13.0. The van der Waals surface area contributed by atoms with E-state index in [1.54, 1.807) is 43.9 Å². The summed E-state index contributed by atoms with van der Waals surface area (Å²) in [5, 5.41) is 13.5. The third-order valence-corrected chi connectivity index (χ3v) is 4.58. The number of carbonyl (C=O) groups excluding carboxylic acids is 2. The van der Waals surface area contributed by atoms with E-state index >= 15 is 0 Å². The van der Waals surface area contributed by atoms with Crippen molar-refractivity contribution in [1.29, 1.82) is 0 Å². The number of hydrogen-bond donors (Lipinski definition) is 2. The molecule has 154 valence electrons. The highest BCUT2D eigenvalue weighted by Crippen LogP contribution is 2.33. The Morgan fingerprint density at radius 2 is 1.79 bits per heavy atom. The van der Waals surface area contributed by atoms with Gasteiger partial charge in [0.25, 0.3) is 0 Å². The number of aliphatic hydroxyl groups excluding tert-OH is 1. The summed E-state index contributed by atoms with van der Waals surface area (Å²) in [6.07, 6.45) is -0.186. The van der Waals surface area contributed by atoms with Gasteiger partial charge in [-0.05, 0) is 51.3 Å². The smallest absolute Gasteiger partial charge is 0.408 e.